The second kappa shape index (κ2) is 5.48. The molecule has 0 unspecified atom stereocenters. The normalized spacial score (nSPS) is 10.2. The third kappa shape index (κ3) is 3.42. The maximum atomic E-state index is 12.0. The van der Waals surface area contributed by atoms with Crippen LogP contribution in [-0.4, -0.2) is 5.78 Å². The summed E-state index contributed by atoms with van der Waals surface area (Å²) in [7, 11) is 0. The van der Waals surface area contributed by atoms with E-state index in [9.17, 15) is 4.79 Å². The van der Waals surface area contributed by atoms with Crippen molar-refractivity contribution in [2.24, 2.45) is 0 Å². The smallest absolute Gasteiger partial charge is 0.167 e. The molecule has 0 radical (unpaired) electrons. The number of ketones is 1. The monoisotopic (exact) mass is 308 g/mol. The second-order valence-corrected chi connectivity index (χ2v) is 5.09. The van der Waals surface area contributed by atoms with E-state index in [1.807, 2.05) is 24.3 Å². The Morgan fingerprint density at radius 3 is 2.18 bits per heavy atom. The predicted molar refractivity (Wildman–Crippen MR) is 73.6 cm³/mol. The van der Waals surface area contributed by atoms with Gasteiger partial charge in [0.05, 0.1) is 0 Å². The van der Waals surface area contributed by atoms with Crippen LogP contribution in [0.15, 0.2) is 53.0 Å². The van der Waals surface area contributed by atoms with Crippen molar-refractivity contribution < 1.29 is 4.79 Å². The molecule has 2 aromatic rings. The van der Waals surface area contributed by atoms with E-state index in [1.165, 1.54) is 0 Å². The lowest BCUT2D eigenvalue weighted by atomic mass is 10.0. The Morgan fingerprint density at radius 2 is 1.59 bits per heavy atom. The summed E-state index contributed by atoms with van der Waals surface area (Å²) < 4.78 is 1.01. The average Bonchev–Trinajstić information content (AvgIpc) is 2.33. The largest absolute Gasteiger partial charge is 0.294 e. The zero-order valence-electron chi connectivity index (χ0n) is 8.99. The molecule has 0 aromatic heterocycles. The van der Waals surface area contributed by atoms with Gasteiger partial charge in [-0.25, -0.2) is 0 Å². The van der Waals surface area contributed by atoms with Gasteiger partial charge in [0.15, 0.2) is 5.78 Å². The molecule has 0 atom stereocenters. The number of benzene rings is 2. The molecule has 0 N–H and O–H groups in total. The number of Topliss-reactive ketones (excluding diaryl/α,β-unsaturated/α-hetero) is 1. The highest BCUT2D eigenvalue weighted by Crippen LogP contribution is 2.14. The highest BCUT2D eigenvalue weighted by atomic mass is 79.9. The third-order valence-corrected chi connectivity index (χ3v) is 3.22. The van der Waals surface area contributed by atoms with Crippen LogP contribution < -0.4 is 0 Å². The first-order valence-electron chi connectivity index (χ1n) is 5.18. The predicted octanol–water partition coefficient (Wildman–Crippen LogP) is 4.53. The molecule has 2 aromatic carbocycles. The topological polar surface area (TPSA) is 17.1 Å². The van der Waals surface area contributed by atoms with Gasteiger partial charge in [0.2, 0.25) is 0 Å². The summed E-state index contributed by atoms with van der Waals surface area (Å²) in [5.74, 6) is 0.101. The molecule has 0 amide bonds. The minimum atomic E-state index is 0.101. The summed E-state index contributed by atoms with van der Waals surface area (Å²) >= 11 is 9.14. The molecule has 0 fully saturated rings. The number of rotatable bonds is 3. The lowest BCUT2D eigenvalue weighted by Gasteiger charge is -2.02. The summed E-state index contributed by atoms with van der Waals surface area (Å²) in [4.78, 5) is 12.0. The Morgan fingerprint density at radius 1 is 1.00 bits per heavy atom. The highest BCUT2D eigenvalue weighted by Gasteiger charge is 2.06. The van der Waals surface area contributed by atoms with Crippen LogP contribution in [0, 0.1) is 0 Å². The van der Waals surface area contributed by atoms with E-state index in [4.69, 9.17) is 11.6 Å². The molecule has 2 rings (SSSR count). The standard InChI is InChI=1S/C14H10BrClO/c15-12-5-1-10(2-6-12)9-14(17)11-3-7-13(16)8-4-11/h1-8H,9H2. The molecule has 0 aliphatic heterocycles. The van der Waals surface area contributed by atoms with Crippen molar-refractivity contribution in [2.75, 3.05) is 0 Å². The van der Waals surface area contributed by atoms with Gasteiger partial charge < -0.3 is 0 Å². The zero-order chi connectivity index (χ0) is 12.3. The van der Waals surface area contributed by atoms with Gasteiger partial charge in [-0.1, -0.05) is 39.7 Å². The van der Waals surface area contributed by atoms with Crippen LogP contribution in [0.4, 0.5) is 0 Å². The van der Waals surface area contributed by atoms with Crippen LogP contribution in [0.25, 0.3) is 0 Å². The number of halogens is 2. The van der Waals surface area contributed by atoms with Gasteiger partial charge in [0.25, 0.3) is 0 Å². The summed E-state index contributed by atoms with van der Waals surface area (Å²) in [5.41, 5.74) is 1.70. The van der Waals surface area contributed by atoms with Gasteiger partial charge in [-0.3, -0.25) is 4.79 Å². The van der Waals surface area contributed by atoms with Gasteiger partial charge >= 0.3 is 0 Å². The summed E-state index contributed by atoms with van der Waals surface area (Å²) in [6.07, 6.45) is 0.412. The van der Waals surface area contributed by atoms with Crippen molar-refractivity contribution in [3.63, 3.8) is 0 Å². The molecule has 0 aliphatic carbocycles. The van der Waals surface area contributed by atoms with E-state index in [2.05, 4.69) is 15.9 Å². The molecular formula is C14H10BrClO. The molecule has 0 bridgehead atoms. The van der Waals surface area contributed by atoms with Crippen molar-refractivity contribution in [1.82, 2.24) is 0 Å². The fourth-order valence-electron chi connectivity index (χ4n) is 1.53. The Labute approximate surface area is 114 Å². The number of hydrogen-bond donors (Lipinski definition) is 0. The molecule has 17 heavy (non-hydrogen) atoms. The van der Waals surface area contributed by atoms with Gasteiger partial charge in [-0.2, -0.15) is 0 Å². The number of carbonyl (C=O) groups is 1. The molecule has 3 heteroatoms. The quantitative estimate of drug-likeness (QED) is 0.761. The number of hydrogen-bond acceptors (Lipinski definition) is 1. The molecular weight excluding hydrogens is 300 g/mol. The minimum absolute atomic E-state index is 0.101. The molecule has 0 saturated heterocycles. The fourth-order valence-corrected chi connectivity index (χ4v) is 1.92. The van der Waals surface area contributed by atoms with Crippen LogP contribution in [-0.2, 0) is 6.42 Å². The zero-order valence-corrected chi connectivity index (χ0v) is 11.3. The van der Waals surface area contributed by atoms with Crippen LogP contribution in [0.3, 0.4) is 0 Å². The van der Waals surface area contributed by atoms with Crippen molar-refractivity contribution in [3.05, 3.63) is 69.2 Å². The first-order chi connectivity index (χ1) is 8.15. The van der Waals surface area contributed by atoms with Crippen LogP contribution >= 0.6 is 27.5 Å². The SMILES string of the molecule is O=C(Cc1ccc(Br)cc1)c1ccc(Cl)cc1. The highest BCUT2D eigenvalue weighted by molar-refractivity contribution is 9.10. The maximum Gasteiger partial charge on any atom is 0.167 e. The van der Waals surface area contributed by atoms with E-state index < -0.39 is 0 Å². The Bertz CT molecular complexity index is 517. The molecule has 0 spiro atoms. The first-order valence-corrected chi connectivity index (χ1v) is 6.35. The lowest BCUT2D eigenvalue weighted by molar-refractivity contribution is 0.0993. The van der Waals surface area contributed by atoms with Crippen molar-refractivity contribution >= 4 is 33.3 Å². The molecule has 0 saturated carbocycles. The Balaban J connectivity index is 2.11. The van der Waals surface area contributed by atoms with Crippen molar-refractivity contribution in [1.29, 1.82) is 0 Å². The van der Waals surface area contributed by atoms with E-state index in [0.717, 1.165) is 10.0 Å². The number of carbonyl (C=O) groups excluding carboxylic acids is 1. The summed E-state index contributed by atoms with van der Waals surface area (Å²) in [6, 6.07) is 14.7. The van der Waals surface area contributed by atoms with Crippen molar-refractivity contribution in [2.45, 2.75) is 6.42 Å². The third-order valence-electron chi connectivity index (χ3n) is 2.44. The van der Waals surface area contributed by atoms with Crippen LogP contribution in [0.5, 0.6) is 0 Å². The van der Waals surface area contributed by atoms with E-state index >= 15 is 0 Å². The Kier molecular flexibility index (Phi) is 3.97. The summed E-state index contributed by atoms with van der Waals surface area (Å²) in [6.45, 7) is 0. The molecule has 0 aliphatic rings. The second-order valence-electron chi connectivity index (χ2n) is 3.73. The van der Waals surface area contributed by atoms with Crippen LogP contribution in [0.1, 0.15) is 15.9 Å². The first kappa shape index (κ1) is 12.3. The minimum Gasteiger partial charge on any atom is -0.294 e. The average molecular weight is 310 g/mol. The van der Waals surface area contributed by atoms with Crippen LogP contribution in [0.2, 0.25) is 5.02 Å². The Hall–Kier alpha value is -1.12. The van der Waals surface area contributed by atoms with E-state index in [1.54, 1.807) is 24.3 Å². The molecule has 0 heterocycles. The van der Waals surface area contributed by atoms with Gasteiger partial charge in [0, 0.05) is 21.5 Å². The van der Waals surface area contributed by atoms with Gasteiger partial charge in [0.1, 0.15) is 0 Å². The van der Waals surface area contributed by atoms with Gasteiger partial charge in [-0.05, 0) is 42.0 Å². The summed E-state index contributed by atoms with van der Waals surface area (Å²) in [5, 5.41) is 0.644. The molecule has 86 valence electrons. The fraction of sp³-hybridized carbons (Fsp3) is 0.0714. The van der Waals surface area contributed by atoms with Gasteiger partial charge in [-0.15, -0.1) is 0 Å². The molecule has 1 nitrogen and oxygen atoms in total. The van der Waals surface area contributed by atoms with E-state index in [0.29, 0.717) is 17.0 Å². The lowest BCUT2D eigenvalue weighted by Crippen LogP contribution is -2.02. The van der Waals surface area contributed by atoms with E-state index in [-0.39, 0.29) is 5.78 Å². The maximum absolute atomic E-state index is 12.0. The van der Waals surface area contributed by atoms with Crippen molar-refractivity contribution in [3.8, 4) is 0 Å².